The Balaban J connectivity index is 6.90. The highest BCUT2D eigenvalue weighted by atomic mass is 19.4. The fraction of sp³-hybridized carbons (Fsp3) is 0.800. The molecule has 0 rings (SSSR count). The van der Waals surface area contributed by atoms with E-state index in [1.807, 2.05) is 0 Å². The smallest absolute Gasteiger partial charge is 0.431 e. The van der Waals surface area contributed by atoms with Gasteiger partial charge in [0.1, 0.15) is 0 Å². The topological polar surface area (TPSA) is 26.3 Å². The molecular weight excluding hydrogens is 573 g/mol. The van der Waals surface area contributed by atoms with Crippen LogP contribution in [0.25, 0.3) is 0 Å². The molecular formula is C15H9F19O2. The third-order valence-electron chi connectivity index (χ3n) is 4.09. The first-order valence-electron chi connectivity index (χ1n) is 8.24. The molecule has 0 spiro atoms. The second-order valence-electron chi connectivity index (χ2n) is 6.83. The summed E-state index contributed by atoms with van der Waals surface area (Å²) in [5, 5.41) is 0. The molecule has 0 radical (unpaired) electrons. The monoisotopic (exact) mass is 582 g/mol. The summed E-state index contributed by atoms with van der Waals surface area (Å²) in [5.41, 5.74) is -1.32. The predicted octanol–water partition coefficient (Wildman–Crippen LogP) is 6.79. The lowest BCUT2D eigenvalue weighted by Crippen LogP contribution is -2.74. The Morgan fingerprint density at radius 2 is 0.972 bits per heavy atom. The van der Waals surface area contributed by atoms with Crippen molar-refractivity contribution in [1.29, 1.82) is 0 Å². The fourth-order valence-electron chi connectivity index (χ4n) is 2.03. The Hall–Kier alpha value is -2.12. The number of rotatable bonds is 11. The molecule has 0 aromatic rings. The molecule has 0 fully saturated rings. The predicted molar refractivity (Wildman–Crippen MR) is 76.2 cm³/mol. The van der Waals surface area contributed by atoms with Crippen molar-refractivity contribution in [1.82, 2.24) is 0 Å². The highest BCUT2D eigenvalue weighted by Crippen LogP contribution is 2.62. The van der Waals surface area contributed by atoms with Gasteiger partial charge in [0.2, 0.25) is 6.17 Å². The highest BCUT2D eigenvalue weighted by molar-refractivity contribution is 5.87. The Bertz CT molecular complexity index is 814. The van der Waals surface area contributed by atoms with Gasteiger partial charge >= 0.3 is 47.7 Å². The molecule has 0 aliphatic carbocycles. The zero-order valence-corrected chi connectivity index (χ0v) is 16.5. The van der Waals surface area contributed by atoms with Crippen LogP contribution in [0.1, 0.15) is 6.92 Å². The molecule has 3 unspecified atom stereocenters. The molecule has 2 nitrogen and oxygen atoms in total. The molecule has 0 aromatic carbocycles. The van der Waals surface area contributed by atoms with Gasteiger partial charge in [-0.2, -0.15) is 65.9 Å². The van der Waals surface area contributed by atoms with Crippen LogP contribution < -0.4 is 0 Å². The molecule has 0 aliphatic heterocycles. The summed E-state index contributed by atoms with van der Waals surface area (Å²) in [6.45, 7) is 2.84. The number of carbonyl (C=O) groups is 1. The van der Waals surface area contributed by atoms with E-state index in [-0.39, 0.29) is 0 Å². The van der Waals surface area contributed by atoms with E-state index in [1.54, 1.807) is 0 Å². The van der Waals surface area contributed by atoms with E-state index in [9.17, 15) is 88.2 Å². The summed E-state index contributed by atoms with van der Waals surface area (Å²) in [4.78, 5) is 11.0. The molecule has 0 heterocycles. The quantitative estimate of drug-likeness (QED) is 0.153. The standard InChI is InChI=1S/C15H9F19O2/c1-3(2)7(35)36-8(11(24,25)26)10(22,23)13(29,30)15(33,34)14(31,32)12(27,28)9(20,21)5(17)4(16)6(18)19/h4-6,8H,1H2,2H3. The van der Waals surface area contributed by atoms with Gasteiger partial charge in [0, 0.05) is 5.57 Å². The Kier molecular flexibility index (Phi) is 9.07. The number of alkyl halides is 19. The Morgan fingerprint density at radius 3 is 1.25 bits per heavy atom. The SMILES string of the molecule is C=C(C)C(=O)OC(C(F)(F)F)C(F)(F)C(F)(F)C(F)(F)C(F)(F)C(F)(F)C(F)(F)C(F)C(F)C(F)F. The van der Waals surface area contributed by atoms with Crippen molar-refractivity contribution < 1.29 is 92.9 Å². The molecule has 0 aliphatic rings. The van der Waals surface area contributed by atoms with Crippen molar-refractivity contribution in [2.24, 2.45) is 0 Å². The normalized spacial score (nSPS) is 17.6. The van der Waals surface area contributed by atoms with Crippen LogP contribution in [0.3, 0.4) is 0 Å². The summed E-state index contributed by atoms with van der Waals surface area (Å²) >= 11 is 0. The third-order valence-corrected chi connectivity index (χ3v) is 4.09. The lowest BCUT2D eigenvalue weighted by molar-refractivity contribution is -0.443. The summed E-state index contributed by atoms with van der Waals surface area (Å²) < 4.78 is 254. The van der Waals surface area contributed by atoms with Gasteiger partial charge in [0.15, 0.2) is 6.17 Å². The van der Waals surface area contributed by atoms with Crippen LogP contribution in [0.15, 0.2) is 12.2 Å². The van der Waals surface area contributed by atoms with Gasteiger partial charge in [-0.15, -0.1) is 0 Å². The summed E-state index contributed by atoms with van der Waals surface area (Å²) in [7, 11) is 0. The van der Waals surface area contributed by atoms with E-state index in [0.29, 0.717) is 6.92 Å². The average Bonchev–Trinajstić information content (AvgIpc) is 2.68. The molecule has 3 atom stereocenters. The zero-order chi connectivity index (χ0) is 29.7. The number of hydrogen-bond acceptors (Lipinski definition) is 2. The third kappa shape index (κ3) is 5.14. The van der Waals surface area contributed by atoms with Crippen LogP contribution in [0.2, 0.25) is 0 Å². The van der Waals surface area contributed by atoms with Gasteiger partial charge in [-0.25, -0.2) is 22.4 Å². The van der Waals surface area contributed by atoms with Crippen molar-refractivity contribution >= 4 is 5.97 Å². The Morgan fingerprint density at radius 1 is 0.639 bits per heavy atom. The number of carbonyl (C=O) groups excluding carboxylic acids is 1. The molecule has 21 heteroatoms. The van der Waals surface area contributed by atoms with E-state index in [2.05, 4.69) is 11.3 Å². The average molecular weight is 582 g/mol. The first-order valence-corrected chi connectivity index (χ1v) is 8.24. The summed E-state index contributed by atoms with van der Waals surface area (Å²) in [6.07, 6.45) is -28.9. The van der Waals surface area contributed by atoms with Crippen molar-refractivity contribution in [3.05, 3.63) is 12.2 Å². The van der Waals surface area contributed by atoms with Crippen molar-refractivity contribution in [2.75, 3.05) is 0 Å². The molecule has 36 heavy (non-hydrogen) atoms. The molecule has 0 aromatic heterocycles. The van der Waals surface area contributed by atoms with Gasteiger partial charge < -0.3 is 4.74 Å². The van der Waals surface area contributed by atoms with Gasteiger partial charge in [0.05, 0.1) is 0 Å². The number of esters is 1. The Labute approximate surface area is 186 Å². The molecule has 0 amide bonds. The van der Waals surface area contributed by atoms with Gasteiger partial charge in [0.25, 0.3) is 12.5 Å². The maximum absolute atomic E-state index is 13.8. The van der Waals surface area contributed by atoms with Gasteiger partial charge in [-0.05, 0) is 6.92 Å². The van der Waals surface area contributed by atoms with Crippen LogP contribution in [0, 0.1) is 0 Å². The maximum Gasteiger partial charge on any atom is 0.431 e. The van der Waals surface area contributed by atoms with Crippen molar-refractivity contribution in [3.63, 3.8) is 0 Å². The van der Waals surface area contributed by atoms with Crippen molar-refractivity contribution in [3.8, 4) is 0 Å². The first-order chi connectivity index (χ1) is 15.5. The molecule has 0 N–H and O–H groups in total. The number of hydrogen-bond donors (Lipinski definition) is 0. The van der Waals surface area contributed by atoms with E-state index in [0.717, 1.165) is 0 Å². The lowest BCUT2D eigenvalue weighted by Gasteiger charge is -2.43. The van der Waals surface area contributed by atoms with Crippen LogP contribution in [-0.2, 0) is 9.53 Å². The second kappa shape index (κ2) is 9.64. The number of ether oxygens (including phenoxy) is 1. The molecule has 0 saturated heterocycles. The van der Waals surface area contributed by atoms with Crippen LogP contribution in [-0.4, -0.2) is 72.6 Å². The zero-order valence-electron chi connectivity index (χ0n) is 16.5. The highest BCUT2D eigenvalue weighted by Gasteiger charge is 2.93. The van der Waals surface area contributed by atoms with E-state index >= 15 is 0 Å². The van der Waals surface area contributed by atoms with Crippen LogP contribution in [0.4, 0.5) is 83.4 Å². The first kappa shape index (κ1) is 33.9. The second-order valence-corrected chi connectivity index (χ2v) is 6.83. The minimum Gasteiger partial charge on any atom is -0.442 e. The van der Waals surface area contributed by atoms with Crippen LogP contribution in [0.5, 0.6) is 0 Å². The van der Waals surface area contributed by atoms with E-state index in [4.69, 9.17) is 0 Å². The number of halogens is 19. The van der Waals surface area contributed by atoms with E-state index < -0.39 is 78.1 Å². The van der Waals surface area contributed by atoms with Gasteiger partial charge in [-0.1, -0.05) is 6.58 Å². The minimum absolute atomic E-state index is 0.363. The molecule has 214 valence electrons. The minimum atomic E-state index is -8.73. The molecule has 0 bridgehead atoms. The van der Waals surface area contributed by atoms with Gasteiger partial charge in [-0.3, -0.25) is 0 Å². The summed E-state index contributed by atoms with van der Waals surface area (Å²) in [5.74, 6) is -52.7. The fourth-order valence-corrected chi connectivity index (χ4v) is 2.03. The molecule has 0 saturated carbocycles. The van der Waals surface area contributed by atoms with Crippen LogP contribution >= 0.6 is 0 Å². The lowest BCUT2D eigenvalue weighted by atomic mass is 9.87. The maximum atomic E-state index is 13.8. The largest absolute Gasteiger partial charge is 0.442 e. The summed E-state index contributed by atoms with van der Waals surface area (Å²) in [6, 6.07) is 0. The van der Waals surface area contributed by atoms with Crippen molar-refractivity contribution in [2.45, 2.75) is 73.5 Å². The van der Waals surface area contributed by atoms with E-state index in [1.165, 1.54) is 0 Å².